The van der Waals surface area contributed by atoms with Gasteiger partial charge in [0, 0.05) is 22.9 Å². The van der Waals surface area contributed by atoms with E-state index in [1.54, 1.807) is 6.07 Å². The molecule has 0 radical (unpaired) electrons. The number of methoxy groups -OCH3 is 1. The van der Waals surface area contributed by atoms with Crippen LogP contribution in [0.15, 0.2) is 71.4 Å². The molecule has 1 N–H and O–H groups in total. The summed E-state index contributed by atoms with van der Waals surface area (Å²) in [5, 5.41) is 4.28. The second-order valence-electron chi connectivity index (χ2n) is 8.87. The quantitative estimate of drug-likeness (QED) is 0.276. The minimum Gasteiger partial charge on any atom is -0.482 e. The molecule has 1 atom stereocenters. The zero-order valence-corrected chi connectivity index (χ0v) is 20.5. The Balaban J connectivity index is 1.57. The number of ether oxygens (including phenoxy) is 2. The summed E-state index contributed by atoms with van der Waals surface area (Å²) in [6.07, 6.45) is 8.24. The van der Waals surface area contributed by atoms with E-state index in [0.29, 0.717) is 23.2 Å². The minimum atomic E-state index is -0.437. The number of nitrogens with zero attached hydrogens (tertiary/aromatic N) is 2. The molecule has 1 aliphatic carbocycles. The van der Waals surface area contributed by atoms with Crippen molar-refractivity contribution in [2.45, 2.75) is 32.6 Å². The van der Waals surface area contributed by atoms with E-state index in [2.05, 4.69) is 45.2 Å². The summed E-state index contributed by atoms with van der Waals surface area (Å²) >= 11 is 0. The number of hydrogen-bond acceptors (Lipinski definition) is 7. The van der Waals surface area contributed by atoms with Crippen molar-refractivity contribution in [2.24, 2.45) is 5.92 Å². The molecule has 0 spiro atoms. The largest absolute Gasteiger partial charge is 0.482 e. The summed E-state index contributed by atoms with van der Waals surface area (Å²) in [7, 11) is 1.33. The monoisotopic (exact) mass is 483 g/mol. The summed E-state index contributed by atoms with van der Waals surface area (Å²) in [5.41, 5.74) is 4.64. The third kappa shape index (κ3) is 4.96. The average Bonchev–Trinajstić information content (AvgIpc) is 3.33. The molecule has 2 aromatic heterocycles. The first kappa shape index (κ1) is 23.6. The summed E-state index contributed by atoms with van der Waals surface area (Å²) in [6, 6.07) is 17.5. The number of aromatic nitrogens is 2. The molecule has 2 heterocycles. The molecule has 0 saturated carbocycles. The Morgan fingerprint density at radius 1 is 1.14 bits per heavy atom. The second-order valence-corrected chi connectivity index (χ2v) is 8.87. The highest BCUT2D eigenvalue weighted by Crippen LogP contribution is 2.44. The Morgan fingerprint density at radius 3 is 2.75 bits per heavy atom. The van der Waals surface area contributed by atoms with Crippen molar-refractivity contribution in [1.29, 1.82) is 0 Å². The van der Waals surface area contributed by atoms with Crippen LogP contribution in [0, 0.1) is 5.92 Å². The third-order valence-electron chi connectivity index (χ3n) is 6.62. The Hall–Kier alpha value is -4.13. The van der Waals surface area contributed by atoms with Crippen LogP contribution in [0.2, 0.25) is 0 Å². The number of hydrogen-bond donors (Lipinski definition) is 1. The first-order valence-electron chi connectivity index (χ1n) is 12.2. The number of rotatable bonds is 8. The van der Waals surface area contributed by atoms with Gasteiger partial charge in [0.15, 0.2) is 6.61 Å². The minimum absolute atomic E-state index is 0.156. The number of fused-ring (bicyclic) bond motifs is 1. The molecule has 0 amide bonds. The Labute approximate surface area is 210 Å². The maximum Gasteiger partial charge on any atom is 0.343 e. The van der Waals surface area contributed by atoms with Gasteiger partial charge in [0.2, 0.25) is 5.71 Å². The summed E-state index contributed by atoms with van der Waals surface area (Å²) in [6.45, 7) is 2.10. The van der Waals surface area contributed by atoms with E-state index >= 15 is 0 Å². The van der Waals surface area contributed by atoms with Gasteiger partial charge in [0.1, 0.15) is 23.7 Å². The van der Waals surface area contributed by atoms with Crippen molar-refractivity contribution in [2.75, 3.05) is 19.0 Å². The topological polar surface area (TPSA) is 86.5 Å². The molecule has 0 saturated heterocycles. The van der Waals surface area contributed by atoms with E-state index in [1.165, 1.54) is 25.4 Å². The highest BCUT2D eigenvalue weighted by Gasteiger charge is 2.25. The fourth-order valence-corrected chi connectivity index (χ4v) is 4.62. The van der Waals surface area contributed by atoms with Gasteiger partial charge < -0.3 is 19.2 Å². The maximum absolute atomic E-state index is 11.5. The smallest absolute Gasteiger partial charge is 0.343 e. The van der Waals surface area contributed by atoms with Crippen molar-refractivity contribution >= 4 is 34.1 Å². The molecule has 1 aliphatic rings. The van der Waals surface area contributed by atoms with Crippen molar-refractivity contribution < 1.29 is 18.7 Å². The Morgan fingerprint density at radius 2 is 2.00 bits per heavy atom. The van der Waals surface area contributed by atoms with E-state index in [1.807, 2.05) is 36.4 Å². The maximum atomic E-state index is 11.5. The molecule has 0 aliphatic heterocycles. The van der Waals surface area contributed by atoms with Gasteiger partial charge in [-0.15, -0.1) is 0 Å². The highest BCUT2D eigenvalue weighted by atomic mass is 16.6. The summed E-state index contributed by atoms with van der Waals surface area (Å²) in [5.74, 6) is 2.30. The van der Waals surface area contributed by atoms with E-state index in [9.17, 15) is 4.79 Å². The van der Waals surface area contributed by atoms with E-state index < -0.39 is 5.97 Å². The van der Waals surface area contributed by atoms with Gasteiger partial charge in [0.25, 0.3) is 0 Å². The van der Waals surface area contributed by atoms with Crippen LogP contribution in [0.5, 0.6) is 5.75 Å². The average molecular weight is 484 g/mol. The zero-order chi connectivity index (χ0) is 24.9. The number of esters is 1. The molecule has 7 nitrogen and oxygen atoms in total. The molecule has 184 valence electrons. The molecule has 5 rings (SSSR count). The van der Waals surface area contributed by atoms with Crippen LogP contribution in [0.25, 0.3) is 28.0 Å². The van der Waals surface area contributed by atoms with Crippen LogP contribution in [0.4, 0.5) is 11.5 Å². The molecule has 2 aromatic carbocycles. The van der Waals surface area contributed by atoms with Crippen LogP contribution in [-0.2, 0) is 9.53 Å². The molecular formula is C29H29N3O4. The lowest BCUT2D eigenvalue weighted by Gasteiger charge is -2.21. The van der Waals surface area contributed by atoms with Gasteiger partial charge >= 0.3 is 5.97 Å². The molecular weight excluding hydrogens is 454 g/mol. The van der Waals surface area contributed by atoms with Crippen LogP contribution >= 0.6 is 0 Å². The fourth-order valence-electron chi connectivity index (χ4n) is 4.62. The van der Waals surface area contributed by atoms with E-state index in [4.69, 9.17) is 9.15 Å². The van der Waals surface area contributed by atoms with E-state index in [-0.39, 0.29) is 6.61 Å². The van der Waals surface area contributed by atoms with Crippen LogP contribution < -0.4 is 10.1 Å². The highest BCUT2D eigenvalue weighted by molar-refractivity contribution is 6.03. The predicted octanol–water partition coefficient (Wildman–Crippen LogP) is 6.78. The number of furan rings is 1. The molecule has 7 heteroatoms. The zero-order valence-electron chi connectivity index (χ0n) is 20.5. The number of carbonyl (C=O) groups excluding carboxylic acids is 1. The molecule has 36 heavy (non-hydrogen) atoms. The summed E-state index contributed by atoms with van der Waals surface area (Å²) < 4.78 is 16.6. The number of carbonyl (C=O) groups is 1. The van der Waals surface area contributed by atoms with Crippen LogP contribution in [0.3, 0.4) is 0 Å². The Kier molecular flexibility index (Phi) is 6.98. The first-order chi connectivity index (χ1) is 17.7. The lowest BCUT2D eigenvalue weighted by Crippen LogP contribution is -2.12. The number of nitrogens with one attached hydrogen (secondary N) is 1. The fraction of sp³-hybridized carbons (Fsp3) is 0.276. The molecule has 0 fully saturated rings. The first-order valence-corrected chi connectivity index (χ1v) is 12.2. The molecule has 1 unspecified atom stereocenters. The van der Waals surface area contributed by atoms with Gasteiger partial charge in [-0.2, -0.15) is 0 Å². The van der Waals surface area contributed by atoms with Crippen LogP contribution in [0.1, 0.15) is 38.2 Å². The Bertz CT molecular complexity index is 1390. The predicted molar refractivity (Wildman–Crippen MR) is 140 cm³/mol. The van der Waals surface area contributed by atoms with Crippen LogP contribution in [-0.4, -0.2) is 29.7 Å². The lowest BCUT2D eigenvalue weighted by molar-refractivity contribution is -0.142. The number of benzene rings is 2. The van der Waals surface area contributed by atoms with Crippen molar-refractivity contribution in [3.8, 4) is 17.1 Å². The van der Waals surface area contributed by atoms with Crippen molar-refractivity contribution in [3.63, 3.8) is 0 Å². The van der Waals surface area contributed by atoms with E-state index in [0.717, 1.165) is 47.2 Å². The van der Waals surface area contributed by atoms with Gasteiger partial charge in [-0.05, 0) is 42.9 Å². The number of allylic oxidation sites excluding steroid dienone is 2. The molecule has 0 bridgehead atoms. The van der Waals surface area contributed by atoms with Gasteiger partial charge in [-0.25, -0.2) is 14.8 Å². The van der Waals surface area contributed by atoms with Gasteiger partial charge in [0.05, 0.1) is 12.5 Å². The van der Waals surface area contributed by atoms with Gasteiger partial charge in [-0.1, -0.05) is 55.8 Å². The van der Waals surface area contributed by atoms with Crippen molar-refractivity contribution in [1.82, 2.24) is 9.97 Å². The second kappa shape index (κ2) is 10.6. The molecule has 4 aromatic rings. The van der Waals surface area contributed by atoms with Crippen molar-refractivity contribution in [3.05, 3.63) is 72.6 Å². The third-order valence-corrected chi connectivity index (χ3v) is 6.62. The summed E-state index contributed by atoms with van der Waals surface area (Å²) in [4.78, 5) is 20.5. The van der Waals surface area contributed by atoms with Gasteiger partial charge in [-0.3, -0.25) is 0 Å². The standard InChI is InChI=1S/C29H29N3O4/c1-3-19-12-14-20(15-13-19)25-26-28(32-22-10-7-11-23(16-22)35-17-24(33)34-2)30-18-31-29(26)36-27(25)21-8-5-4-6-9-21/h4-11,14,16,18-19H,3,12-13,15,17H2,1-2H3,(H,30,31,32). The lowest BCUT2D eigenvalue weighted by atomic mass is 9.84. The SMILES string of the molecule is CCC1CC=C(c2c(-c3ccccc3)oc3ncnc(Nc4cccc(OCC(=O)OC)c4)c23)CC1. The number of anilines is 2. The normalized spacial score (nSPS) is 15.4.